The molecule has 0 bridgehead atoms. The summed E-state index contributed by atoms with van der Waals surface area (Å²) in [6, 6.07) is 20.2. The van der Waals surface area contributed by atoms with Gasteiger partial charge in [0.1, 0.15) is 11.4 Å². The Morgan fingerprint density at radius 3 is 2.55 bits per heavy atom. The largest absolute Gasteiger partial charge is 0.287 e. The molecule has 0 fully saturated rings. The molecule has 1 aromatic heterocycles. The van der Waals surface area contributed by atoms with Crippen LogP contribution in [0.4, 0.5) is 11.5 Å². The monoisotopic (exact) mass is 381 g/mol. The fraction of sp³-hybridized carbons (Fsp3) is 0.174. The van der Waals surface area contributed by atoms with Gasteiger partial charge in [-0.25, -0.2) is 14.6 Å². The third kappa shape index (κ3) is 2.38. The summed E-state index contributed by atoms with van der Waals surface area (Å²) in [5.41, 5.74) is 2.59. The second kappa shape index (κ2) is 6.17. The number of carbonyl (C=O) groups excluding carboxylic acids is 1. The van der Waals surface area contributed by atoms with Crippen molar-refractivity contribution in [2.75, 3.05) is 9.80 Å². The van der Waals surface area contributed by atoms with Crippen molar-refractivity contribution in [3.63, 3.8) is 0 Å². The Balaban J connectivity index is 1.50. The Bertz CT molecular complexity index is 1150. The highest BCUT2D eigenvalue weighted by Gasteiger charge is 2.48. The van der Waals surface area contributed by atoms with Crippen molar-refractivity contribution in [2.45, 2.75) is 25.0 Å². The average Bonchev–Trinajstić information content (AvgIpc) is 3.45. The second-order valence-electron chi connectivity index (χ2n) is 7.52. The summed E-state index contributed by atoms with van der Waals surface area (Å²) in [6.07, 6.45) is 6.96. The van der Waals surface area contributed by atoms with Gasteiger partial charge in [0.2, 0.25) is 5.96 Å². The molecule has 0 unspecified atom stereocenters. The number of amides is 1. The van der Waals surface area contributed by atoms with Gasteiger partial charge in [0.15, 0.2) is 0 Å². The maximum Gasteiger partial charge on any atom is 0.270 e. The number of benzene rings is 2. The van der Waals surface area contributed by atoms with E-state index >= 15 is 0 Å². The fourth-order valence-corrected chi connectivity index (χ4v) is 4.43. The molecule has 6 heteroatoms. The number of para-hydroxylation sites is 1. The topological polar surface area (TPSA) is 53.7 Å². The molecular weight excluding hydrogens is 362 g/mol. The first-order chi connectivity index (χ1) is 14.3. The van der Waals surface area contributed by atoms with Crippen LogP contribution in [0, 0.1) is 0 Å². The molecule has 0 N–H and O–H groups in total. The van der Waals surface area contributed by atoms with E-state index in [1.807, 2.05) is 53.2 Å². The lowest BCUT2D eigenvalue weighted by Crippen LogP contribution is -2.53. The average molecular weight is 381 g/mol. The number of fused-ring (bicyclic) bond motifs is 5. The van der Waals surface area contributed by atoms with Crippen molar-refractivity contribution in [1.29, 1.82) is 0 Å². The van der Waals surface area contributed by atoms with Crippen molar-refractivity contribution < 1.29 is 4.79 Å². The zero-order valence-corrected chi connectivity index (χ0v) is 15.7. The van der Waals surface area contributed by atoms with Crippen LogP contribution >= 0.6 is 0 Å². The Morgan fingerprint density at radius 1 is 1.00 bits per heavy atom. The summed E-state index contributed by atoms with van der Waals surface area (Å²) in [5, 5.41) is 4.59. The van der Waals surface area contributed by atoms with E-state index in [2.05, 4.69) is 34.3 Å². The molecule has 2 aromatic carbocycles. The number of nitrogens with zero attached hydrogens (tertiary/aromatic N) is 5. The third-order valence-electron chi connectivity index (χ3n) is 5.76. The SMILES string of the molecule is O=C1c2cnn(Cc3ccccc3)c2N2C(=N[C@@H]3CC=C[C@@H]32)N1c1ccccc1. The van der Waals surface area contributed by atoms with E-state index < -0.39 is 0 Å². The van der Waals surface area contributed by atoms with Crippen LogP contribution in [0.15, 0.2) is 84.0 Å². The highest BCUT2D eigenvalue weighted by Crippen LogP contribution is 2.40. The van der Waals surface area contributed by atoms with Gasteiger partial charge in [0.25, 0.3) is 5.91 Å². The molecule has 0 saturated heterocycles. The lowest BCUT2D eigenvalue weighted by Gasteiger charge is -2.36. The Morgan fingerprint density at radius 2 is 1.76 bits per heavy atom. The van der Waals surface area contributed by atoms with Crippen LogP contribution in [0.5, 0.6) is 0 Å². The zero-order valence-electron chi connectivity index (χ0n) is 15.7. The fourth-order valence-electron chi connectivity index (χ4n) is 4.43. The number of hydrogen-bond donors (Lipinski definition) is 0. The van der Waals surface area contributed by atoms with E-state index in [9.17, 15) is 4.79 Å². The predicted octanol–water partition coefficient (Wildman–Crippen LogP) is 3.46. The highest BCUT2D eigenvalue weighted by molar-refractivity contribution is 6.32. The maximum atomic E-state index is 13.5. The first-order valence-electron chi connectivity index (χ1n) is 9.84. The summed E-state index contributed by atoms with van der Waals surface area (Å²) >= 11 is 0. The summed E-state index contributed by atoms with van der Waals surface area (Å²) in [7, 11) is 0. The standard InChI is InChI=1S/C23H19N5O/c29-22-18-14-24-26(15-16-8-3-1-4-9-16)21(18)28-20-13-7-12-19(20)25-23(28)27(22)17-10-5-2-6-11-17/h1-11,13-14,19-20H,12,15H2/t19-,20+/m1/s1. The van der Waals surface area contributed by atoms with Crippen LogP contribution in [-0.2, 0) is 6.54 Å². The maximum absolute atomic E-state index is 13.5. The summed E-state index contributed by atoms with van der Waals surface area (Å²) in [6.45, 7) is 0.611. The molecule has 29 heavy (non-hydrogen) atoms. The molecule has 3 heterocycles. The third-order valence-corrected chi connectivity index (χ3v) is 5.76. The minimum Gasteiger partial charge on any atom is -0.287 e. The lowest BCUT2D eigenvalue weighted by atomic mass is 10.1. The van der Waals surface area contributed by atoms with Crippen molar-refractivity contribution in [3.8, 4) is 0 Å². The van der Waals surface area contributed by atoms with E-state index in [0.717, 1.165) is 23.5 Å². The molecule has 2 atom stereocenters. The van der Waals surface area contributed by atoms with Gasteiger partial charge in [0, 0.05) is 0 Å². The van der Waals surface area contributed by atoms with E-state index in [0.29, 0.717) is 18.1 Å². The van der Waals surface area contributed by atoms with Gasteiger partial charge in [0.05, 0.1) is 30.5 Å². The van der Waals surface area contributed by atoms with E-state index in [-0.39, 0.29) is 18.0 Å². The van der Waals surface area contributed by atoms with E-state index in [4.69, 9.17) is 4.99 Å². The van der Waals surface area contributed by atoms with Crippen LogP contribution in [0.2, 0.25) is 0 Å². The smallest absolute Gasteiger partial charge is 0.270 e. The second-order valence-corrected chi connectivity index (χ2v) is 7.52. The minimum atomic E-state index is -0.0792. The molecule has 1 amide bonds. The number of aromatic nitrogens is 2. The molecule has 3 aromatic rings. The molecule has 6 rings (SSSR count). The summed E-state index contributed by atoms with van der Waals surface area (Å²) in [4.78, 5) is 22.4. The first kappa shape index (κ1) is 16.3. The van der Waals surface area contributed by atoms with Gasteiger partial charge in [-0.2, -0.15) is 5.10 Å². The summed E-state index contributed by atoms with van der Waals surface area (Å²) in [5.74, 6) is 1.45. The van der Waals surface area contributed by atoms with Crippen molar-refractivity contribution in [2.24, 2.45) is 4.99 Å². The van der Waals surface area contributed by atoms with Gasteiger partial charge < -0.3 is 0 Å². The molecule has 6 nitrogen and oxygen atoms in total. The van der Waals surface area contributed by atoms with Gasteiger partial charge >= 0.3 is 0 Å². The van der Waals surface area contributed by atoms with Crippen LogP contribution in [0.3, 0.4) is 0 Å². The van der Waals surface area contributed by atoms with Crippen LogP contribution < -0.4 is 9.80 Å². The van der Waals surface area contributed by atoms with Gasteiger partial charge in [-0.15, -0.1) is 0 Å². The Hall–Kier alpha value is -3.67. The van der Waals surface area contributed by atoms with Crippen molar-refractivity contribution in [1.82, 2.24) is 9.78 Å². The minimum absolute atomic E-state index is 0.0792. The lowest BCUT2D eigenvalue weighted by molar-refractivity contribution is 0.100. The molecule has 3 aliphatic rings. The van der Waals surface area contributed by atoms with Crippen LogP contribution in [0.1, 0.15) is 22.3 Å². The van der Waals surface area contributed by atoms with Gasteiger partial charge in [-0.1, -0.05) is 60.7 Å². The van der Waals surface area contributed by atoms with Crippen molar-refractivity contribution in [3.05, 3.63) is 90.1 Å². The number of carbonyl (C=O) groups is 1. The number of aliphatic imine (C=N–C) groups is 1. The molecule has 142 valence electrons. The predicted molar refractivity (Wildman–Crippen MR) is 112 cm³/mol. The number of rotatable bonds is 3. The Labute approximate surface area is 168 Å². The first-order valence-corrected chi connectivity index (χ1v) is 9.84. The number of anilines is 2. The Kier molecular flexibility index (Phi) is 3.47. The molecule has 1 aliphatic carbocycles. The van der Waals surface area contributed by atoms with Crippen molar-refractivity contribution >= 4 is 23.4 Å². The molecule has 0 spiro atoms. The van der Waals surface area contributed by atoms with E-state index in [1.54, 1.807) is 11.1 Å². The quantitative estimate of drug-likeness (QED) is 0.653. The van der Waals surface area contributed by atoms with Crippen LogP contribution in [-0.4, -0.2) is 33.7 Å². The normalized spacial score (nSPS) is 21.8. The molecule has 0 saturated carbocycles. The zero-order chi connectivity index (χ0) is 19.4. The highest BCUT2D eigenvalue weighted by atomic mass is 16.2. The van der Waals surface area contributed by atoms with Crippen LogP contribution in [0.25, 0.3) is 0 Å². The number of guanidine groups is 1. The van der Waals surface area contributed by atoms with E-state index in [1.165, 1.54) is 0 Å². The summed E-state index contributed by atoms with van der Waals surface area (Å²) < 4.78 is 1.93. The van der Waals surface area contributed by atoms with Gasteiger partial charge in [-0.3, -0.25) is 9.69 Å². The molecule has 2 aliphatic heterocycles. The van der Waals surface area contributed by atoms with Gasteiger partial charge in [-0.05, 0) is 24.1 Å². The number of hydrogen-bond acceptors (Lipinski definition) is 4. The molecule has 0 radical (unpaired) electrons. The molecular formula is C23H19N5O.